The summed E-state index contributed by atoms with van der Waals surface area (Å²) in [5.41, 5.74) is 1.16. The summed E-state index contributed by atoms with van der Waals surface area (Å²) in [7, 11) is 3.10. The molecule has 1 N–H and O–H groups in total. The van der Waals surface area contributed by atoms with Gasteiger partial charge in [-0.2, -0.15) is 0 Å². The highest BCUT2D eigenvalue weighted by Crippen LogP contribution is 2.34. The average Bonchev–Trinajstić information content (AvgIpc) is 2.53. The summed E-state index contributed by atoms with van der Waals surface area (Å²) in [6.07, 6.45) is 1.41. The quantitative estimate of drug-likeness (QED) is 0.776. The number of anilines is 2. The van der Waals surface area contributed by atoms with Crippen molar-refractivity contribution in [3.8, 4) is 11.5 Å². The standard InChI is InChI=1S/C16H13ClFN3O2/c1-22-14-6-12-13(7-15(14)23-2)19-8-20-16(12)21-11-4-9(17)3-10(18)5-11/h3-8H,1-2H3,(H,19,20,21). The molecule has 0 fully saturated rings. The summed E-state index contributed by atoms with van der Waals surface area (Å²) in [6.45, 7) is 0. The first-order chi connectivity index (χ1) is 11.1. The normalized spacial score (nSPS) is 10.6. The third-order valence-corrected chi connectivity index (χ3v) is 3.48. The van der Waals surface area contributed by atoms with E-state index in [2.05, 4.69) is 15.3 Å². The molecule has 23 heavy (non-hydrogen) atoms. The van der Waals surface area contributed by atoms with Crippen LogP contribution >= 0.6 is 11.6 Å². The molecule has 0 amide bonds. The van der Waals surface area contributed by atoms with Gasteiger partial charge in [0.15, 0.2) is 11.5 Å². The predicted molar refractivity (Wildman–Crippen MR) is 87.3 cm³/mol. The van der Waals surface area contributed by atoms with E-state index in [-0.39, 0.29) is 0 Å². The molecule has 2 aromatic carbocycles. The van der Waals surface area contributed by atoms with E-state index < -0.39 is 5.82 Å². The molecule has 3 aromatic rings. The maximum absolute atomic E-state index is 13.5. The van der Waals surface area contributed by atoms with Gasteiger partial charge in [-0.05, 0) is 24.3 Å². The number of benzene rings is 2. The number of hydrogen-bond donors (Lipinski definition) is 1. The third-order valence-electron chi connectivity index (χ3n) is 3.27. The van der Waals surface area contributed by atoms with Gasteiger partial charge in [-0.15, -0.1) is 0 Å². The predicted octanol–water partition coefficient (Wildman–Crippen LogP) is 4.18. The van der Waals surface area contributed by atoms with Gasteiger partial charge in [-0.3, -0.25) is 0 Å². The van der Waals surface area contributed by atoms with Crippen molar-refractivity contribution >= 4 is 34.0 Å². The van der Waals surface area contributed by atoms with Crippen LogP contribution in [-0.2, 0) is 0 Å². The fourth-order valence-corrected chi connectivity index (χ4v) is 2.47. The number of hydrogen-bond acceptors (Lipinski definition) is 5. The molecule has 0 aliphatic carbocycles. The van der Waals surface area contributed by atoms with Crippen LogP contribution in [0.1, 0.15) is 0 Å². The molecule has 0 bridgehead atoms. The second-order valence-corrected chi connectivity index (χ2v) is 5.17. The molecule has 0 radical (unpaired) electrons. The van der Waals surface area contributed by atoms with Crippen LogP contribution < -0.4 is 14.8 Å². The average molecular weight is 334 g/mol. The highest BCUT2D eigenvalue weighted by Gasteiger charge is 2.11. The molecule has 0 unspecified atom stereocenters. The van der Waals surface area contributed by atoms with Crippen molar-refractivity contribution in [2.45, 2.75) is 0 Å². The first-order valence-corrected chi connectivity index (χ1v) is 7.08. The Morgan fingerprint density at radius 2 is 1.74 bits per heavy atom. The lowest BCUT2D eigenvalue weighted by atomic mass is 10.2. The van der Waals surface area contributed by atoms with Crippen molar-refractivity contribution < 1.29 is 13.9 Å². The van der Waals surface area contributed by atoms with Crippen LogP contribution in [0.15, 0.2) is 36.7 Å². The number of fused-ring (bicyclic) bond motifs is 1. The van der Waals surface area contributed by atoms with Crippen LogP contribution in [0.25, 0.3) is 10.9 Å². The molecule has 0 aliphatic rings. The summed E-state index contributed by atoms with van der Waals surface area (Å²) in [6, 6.07) is 7.69. The maximum Gasteiger partial charge on any atom is 0.162 e. The Balaban J connectivity index is 2.10. The van der Waals surface area contributed by atoms with Gasteiger partial charge < -0.3 is 14.8 Å². The fraction of sp³-hybridized carbons (Fsp3) is 0.125. The molecular weight excluding hydrogens is 321 g/mol. The Bertz CT molecular complexity index is 853. The molecule has 7 heteroatoms. The molecule has 3 rings (SSSR count). The van der Waals surface area contributed by atoms with E-state index in [9.17, 15) is 4.39 Å². The minimum absolute atomic E-state index is 0.296. The smallest absolute Gasteiger partial charge is 0.162 e. The number of ether oxygens (including phenoxy) is 2. The number of nitrogens with zero attached hydrogens (tertiary/aromatic N) is 2. The van der Waals surface area contributed by atoms with Crippen LogP contribution in [0, 0.1) is 5.82 Å². The molecule has 0 aliphatic heterocycles. The Hall–Kier alpha value is -2.60. The first kappa shape index (κ1) is 15.3. The molecule has 0 spiro atoms. The van der Waals surface area contributed by atoms with Crippen LogP contribution in [0.3, 0.4) is 0 Å². The minimum Gasteiger partial charge on any atom is -0.493 e. The highest BCUT2D eigenvalue weighted by atomic mass is 35.5. The van der Waals surface area contributed by atoms with Crippen molar-refractivity contribution in [3.05, 3.63) is 47.5 Å². The zero-order chi connectivity index (χ0) is 16.4. The monoisotopic (exact) mass is 333 g/mol. The number of aromatic nitrogens is 2. The van der Waals surface area contributed by atoms with Gasteiger partial charge in [0.05, 0.1) is 19.7 Å². The van der Waals surface area contributed by atoms with Gasteiger partial charge in [0.1, 0.15) is 18.0 Å². The lowest BCUT2D eigenvalue weighted by Gasteiger charge is -2.12. The summed E-state index contributed by atoms with van der Waals surface area (Å²) >= 11 is 5.87. The van der Waals surface area contributed by atoms with Crippen molar-refractivity contribution in [1.29, 1.82) is 0 Å². The topological polar surface area (TPSA) is 56.3 Å². The van der Waals surface area contributed by atoms with E-state index in [0.717, 1.165) is 0 Å². The zero-order valence-corrected chi connectivity index (χ0v) is 13.2. The van der Waals surface area contributed by atoms with E-state index >= 15 is 0 Å². The Morgan fingerprint density at radius 3 is 2.43 bits per heavy atom. The molecule has 1 heterocycles. The minimum atomic E-state index is -0.433. The Labute approximate surface area is 137 Å². The molecule has 118 valence electrons. The van der Waals surface area contributed by atoms with Crippen molar-refractivity contribution in [2.24, 2.45) is 0 Å². The van der Waals surface area contributed by atoms with Crippen LogP contribution in [-0.4, -0.2) is 24.2 Å². The van der Waals surface area contributed by atoms with Crippen molar-refractivity contribution in [1.82, 2.24) is 9.97 Å². The van der Waals surface area contributed by atoms with Crippen LogP contribution in [0.2, 0.25) is 5.02 Å². The number of nitrogens with one attached hydrogen (secondary N) is 1. The lowest BCUT2D eigenvalue weighted by Crippen LogP contribution is -1.98. The highest BCUT2D eigenvalue weighted by molar-refractivity contribution is 6.30. The van der Waals surface area contributed by atoms with Gasteiger partial charge in [0, 0.05) is 22.2 Å². The van der Waals surface area contributed by atoms with Crippen LogP contribution in [0.5, 0.6) is 11.5 Å². The van der Waals surface area contributed by atoms with E-state index in [1.54, 1.807) is 32.4 Å². The molecule has 0 saturated carbocycles. The number of halogens is 2. The summed E-state index contributed by atoms with van der Waals surface area (Å²) in [4.78, 5) is 8.42. The Kier molecular flexibility index (Phi) is 4.16. The SMILES string of the molecule is COc1cc2ncnc(Nc3cc(F)cc(Cl)c3)c2cc1OC. The van der Waals surface area contributed by atoms with Crippen molar-refractivity contribution in [2.75, 3.05) is 19.5 Å². The van der Waals surface area contributed by atoms with E-state index in [1.807, 2.05) is 0 Å². The summed E-state index contributed by atoms with van der Waals surface area (Å²) in [5, 5.41) is 4.06. The molecule has 0 saturated heterocycles. The van der Waals surface area contributed by atoms with Gasteiger partial charge in [-0.1, -0.05) is 11.6 Å². The first-order valence-electron chi connectivity index (χ1n) is 6.70. The zero-order valence-electron chi connectivity index (χ0n) is 12.4. The van der Waals surface area contributed by atoms with Gasteiger partial charge >= 0.3 is 0 Å². The van der Waals surface area contributed by atoms with Gasteiger partial charge in [0.2, 0.25) is 0 Å². The van der Waals surface area contributed by atoms with Gasteiger partial charge in [-0.25, -0.2) is 14.4 Å². The summed E-state index contributed by atoms with van der Waals surface area (Å²) < 4.78 is 24.0. The number of methoxy groups -OCH3 is 2. The van der Waals surface area contributed by atoms with E-state index in [4.69, 9.17) is 21.1 Å². The molecular formula is C16H13ClFN3O2. The van der Waals surface area contributed by atoms with E-state index in [1.165, 1.54) is 18.5 Å². The molecule has 1 aromatic heterocycles. The fourth-order valence-electron chi connectivity index (χ4n) is 2.25. The summed E-state index contributed by atoms with van der Waals surface area (Å²) in [5.74, 6) is 1.20. The lowest BCUT2D eigenvalue weighted by molar-refractivity contribution is 0.356. The second kappa shape index (κ2) is 6.26. The van der Waals surface area contributed by atoms with Crippen molar-refractivity contribution in [3.63, 3.8) is 0 Å². The Morgan fingerprint density at radius 1 is 1.00 bits per heavy atom. The van der Waals surface area contributed by atoms with Crippen LogP contribution in [0.4, 0.5) is 15.9 Å². The molecule has 0 atom stereocenters. The van der Waals surface area contributed by atoms with Gasteiger partial charge in [0.25, 0.3) is 0 Å². The third kappa shape index (κ3) is 3.12. The van der Waals surface area contributed by atoms with E-state index in [0.29, 0.717) is 38.9 Å². The number of rotatable bonds is 4. The molecule has 5 nitrogen and oxygen atoms in total. The largest absolute Gasteiger partial charge is 0.493 e. The second-order valence-electron chi connectivity index (χ2n) is 4.73. The maximum atomic E-state index is 13.5.